The summed E-state index contributed by atoms with van der Waals surface area (Å²) in [5.41, 5.74) is 0.955. The molecule has 0 saturated carbocycles. The van der Waals surface area contributed by atoms with E-state index in [1.54, 1.807) is 0 Å². The molecular formula is C11H21BrO. The lowest BCUT2D eigenvalue weighted by molar-refractivity contribution is 0.422. The topological polar surface area (TPSA) is 20.2 Å². The molecule has 78 valence electrons. The van der Waals surface area contributed by atoms with Crippen molar-refractivity contribution in [2.24, 2.45) is 0 Å². The lowest BCUT2D eigenvalue weighted by atomic mass is 10.2. The molecule has 0 aromatic rings. The van der Waals surface area contributed by atoms with Gasteiger partial charge in [0.1, 0.15) is 5.76 Å². The summed E-state index contributed by atoms with van der Waals surface area (Å²) in [7, 11) is 0. The van der Waals surface area contributed by atoms with Gasteiger partial charge >= 0.3 is 0 Å². The number of aliphatic hydroxyl groups is 1. The van der Waals surface area contributed by atoms with Crippen LogP contribution in [0.1, 0.15) is 34.1 Å². The van der Waals surface area contributed by atoms with Crippen LogP contribution in [-0.4, -0.2) is 5.11 Å². The second-order valence-corrected chi connectivity index (χ2v) is 2.84. The zero-order chi connectivity index (χ0) is 11.4. The summed E-state index contributed by atoms with van der Waals surface area (Å²) in [6.45, 7) is 17.4. The van der Waals surface area contributed by atoms with Gasteiger partial charge in [0.2, 0.25) is 0 Å². The summed E-state index contributed by atoms with van der Waals surface area (Å²) in [5.74, 6) is 0.275. The Morgan fingerprint density at radius 1 is 1.31 bits per heavy atom. The molecule has 1 N–H and O–H groups in total. The molecule has 0 aromatic carbocycles. The molecule has 0 rings (SSSR count). The molecule has 0 amide bonds. The normalized spacial score (nSPS) is 9.62. The monoisotopic (exact) mass is 248 g/mol. The average Bonchev–Trinajstić information content (AvgIpc) is 2.21. The second-order valence-electron chi connectivity index (χ2n) is 1.89. The van der Waals surface area contributed by atoms with Gasteiger partial charge in [0.25, 0.3) is 0 Å². The number of hydrogen-bond acceptors (Lipinski definition) is 1. The summed E-state index contributed by atoms with van der Waals surface area (Å²) >= 11 is 3.08. The van der Waals surface area contributed by atoms with Gasteiger partial charge in [-0.05, 0) is 34.8 Å². The van der Waals surface area contributed by atoms with E-state index in [0.717, 1.165) is 12.0 Å². The van der Waals surface area contributed by atoms with Gasteiger partial charge in [0.15, 0.2) is 0 Å². The zero-order valence-electron chi connectivity index (χ0n) is 9.15. The van der Waals surface area contributed by atoms with Crippen LogP contribution in [0.15, 0.2) is 35.6 Å². The molecule has 0 heterocycles. The van der Waals surface area contributed by atoms with E-state index in [0.29, 0.717) is 4.48 Å². The van der Waals surface area contributed by atoms with Crippen molar-refractivity contribution in [2.75, 3.05) is 0 Å². The van der Waals surface area contributed by atoms with Crippen molar-refractivity contribution in [3.63, 3.8) is 0 Å². The number of aliphatic hydroxyl groups excluding tert-OH is 1. The van der Waals surface area contributed by atoms with Gasteiger partial charge in [-0.2, -0.15) is 0 Å². The SMILES string of the molecule is C=C.C=C(Br)/C(O)=C(\C)CC.CC. The van der Waals surface area contributed by atoms with Crippen molar-refractivity contribution in [3.05, 3.63) is 35.6 Å². The minimum absolute atomic E-state index is 0.275. The minimum atomic E-state index is 0.275. The lowest BCUT2D eigenvalue weighted by Crippen LogP contribution is -1.84. The maximum atomic E-state index is 9.13. The van der Waals surface area contributed by atoms with Crippen molar-refractivity contribution in [1.29, 1.82) is 0 Å². The van der Waals surface area contributed by atoms with Crippen molar-refractivity contribution in [1.82, 2.24) is 0 Å². The van der Waals surface area contributed by atoms with Gasteiger partial charge in [-0.3, -0.25) is 0 Å². The van der Waals surface area contributed by atoms with Gasteiger partial charge < -0.3 is 5.11 Å². The lowest BCUT2D eigenvalue weighted by Gasteiger charge is -1.99. The molecule has 0 aliphatic heterocycles. The number of hydrogen-bond donors (Lipinski definition) is 1. The number of allylic oxidation sites excluding steroid dienone is 2. The highest BCUT2D eigenvalue weighted by molar-refractivity contribution is 9.11. The van der Waals surface area contributed by atoms with Crippen molar-refractivity contribution in [3.8, 4) is 0 Å². The van der Waals surface area contributed by atoms with E-state index >= 15 is 0 Å². The van der Waals surface area contributed by atoms with Crippen LogP contribution in [0.2, 0.25) is 0 Å². The Bertz CT molecular complexity index is 159. The number of rotatable bonds is 2. The van der Waals surface area contributed by atoms with Gasteiger partial charge in [-0.25, -0.2) is 0 Å². The van der Waals surface area contributed by atoms with Gasteiger partial charge in [0.05, 0.1) is 4.48 Å². The van der Waals surface area contributed by atoms with Crippen LogP contribution >= 0.6 is 15.9 Å². The molecule has 0 saturated heterocycles. The van der Waals surface area contributed by atoms with Crippen LogP contribution in [-0.2, 0) is 0 Å². The Hall–Kier alpha value is -0.500. The molecule has 0 spiro atoms. The first-order valence-corrected chi connectivity index (χ1v) is 5.12. The molecule has 0 fully saturated rings. The van der Waals surface area contributed by atoms with Crippen LogP contribution < -0.4 is 0 Å². The highest BCUT2D eigenvalue weighted by Crippen LogP contribution is 2.16. The van der Waals surface area contributed by atoms with Gasteiger partial charge in [-0.1, -0.05) is 27.4 Å². The van der Waals surface area contributed by atoms with Crippen molar-refractivity contribution < 1.29 is 5.11 Å². The first-order valence-electron chi connectivity index (χ1n) is 4.33. The molecule has 0 unspecified atom stereocenters. The summed E-state index contributed by atoms with van der Waals surface area (Å²) in [6, 6.07) is 0. The van der Waals surface area contributed by atoms with E-state index in [-0.39, 0.29) is 5.76 Å². The summed E-state index contributed by atoms with van der Waals surface area (Å²) in [6.07, 6.45) is 0.858. The molecule has 0 aromatic heterocycles. The van der Waals surface area contributed by atoms with E-state index in [9.17, 15) is 0 Å². The molecular weight excluding hydrogens is 228 g/mol. The van der Waals surface area contributed by atoms with Crippen molar-refractivity contribution in [2.45, 2.75) is 34.1 Å². The molecule has 0 atom stereocenters. The van der Waals surface area contributed by atoms with Crippen LogP contribution in [0, 0.1) is 0 Å². The molecule has 0 radical (unpaired) electrons. The van der Waals surface area contributed by atoms with E-state index in [1.807, 2.05) is 27.7 Å². The van der Waals surface area contributed by atoms with Crippen LogP contribution in [0.4, 0.5) is 0 Å². The molecule has 1 nitrogen and oxygen atoms in total. The van der Waals surface area contributed by atoms with Crippen LogP contribution in [0.5, 0.6) is 0 Å². The highest BCUT2D eigenvalue weighted by Gasteiger charge is 1.98. The summed E-state index contributed by atoms with van der Waals surface area (Å²) < 4.78 is 0.557. The van der Waals surface area contributed by atoms with E-state index in [1.165, 1.54) is 0 Å². The Balaban J connectivity index is -0.000000218. The Morgan fingerprint density at radius 2 is 1.62 bits per heavy atom. The van der Waals surface area contributed by atoms with Gasteiger partial charge in [0, 0.05) is 0 Å². The summed E-state index contributed by atoms with van der Waals surface area (Å²) in [5, 5.41) is 9.13. The minimum Gasteiger partial charge on any atom is -0.507 e. The predicted octanol–water partition coefficient (Wildman–Crippen LogP) is 4.97. The molecule has 13 heavy (non-hydrogen) atoms. The fourth-order valence-electron chi connectivity index (χ4n) is 0.399. The van der Waals surface area contributed by atoms with E-state index < -0.39 is 0 Å². The van der Waals surface area contributed by atoms with E-state index in [4.69, 9.17) is 5.11 Å². The Kier molecular flexibility index (Phi) is 19.8. The highest BCUT2D eigenvalue weighted by atomic mass is 79.9. The summed E-state index contributed by atoms with van der Waals surface area (Å²) in [4.78, 5) is 0. The maximum Gasteiger partial charge on any atom is 0.128 e. The average molecular weight is 249 g/mol. The third-order valence-electron chi connectivity index (χ3n) is 1.19. The van der Waals surface area contributed by atoms with E-state index in [2.05, 4.69) is 35.7 Å². The van der Waals surface area contributed by atoms with Crippen LogP contribution in [0.3, 0.4) is 0 Å². The third-order valence-corrected chi connectivity index (χ3v) is 1.57. The first kappa shape index (κ1) is 18.3. The largest absolute Gasteiger partial charge is 0.507 e. The van der Waals surface area contributed by atoms with Gasteiger partial charge in [-0.15, -0.1) is 13.2 Å². The molecule has 0 bridgehead atoms. The molecule has 0 aliphatic rings. The first-order chi connectivity index (χ1) is 6.09. The molecule has 0 aliphatic carbocycles. The fraction of sp³-hybridized carbons (Fsp3) is 0.455. The number of halogens is 1. The Labute approximate surface area is 91.0 Å². The zero-order valence-corrected chi connectivity index (χ0v) is 10.7. The molecule has 2 heteroatoms. The second kappa shape index (κ2) is 14.0. The van der Waals surface area contributed by atoms with Crippen molar-refractivity contribution >= 4 is 15.9 Å². The fourth-order valence-corrected chi connectivity index (χ4v) is 0.737. The standard InChI is InChI=1S/C7H11BrO.C2H6.C2H4/c1-4-5(2)7(9)6(3)8;2*1-2/h9H,3-4H2,1-2H3;1-2H3;1-2H2/b7-5-;;. The predicted molar refractivity (Wildman–Crippen MR) is 66.3 cm³/mol. The quantitative estimate of drug-likeness (QED) is 0.416. The Morgan fingerprint density at radius 3 is 1.69 bits per heavy atom. The smallest absolute Gasteiger partial charge is 0.128 e. The maximum absolute atomic E-state index is 9.13. The van der Waals surface area contributed by atoms with Crippen LogP contribution in [0.25, 0.3) is 0 Å². The third kappa shape index (κ3) is 11.5.